The first-order valence-corrected chi connectivity index (χ1v) is 10.7. The Morgan fingerprint density at radius 2 is 1.42 bits per heavy atom. The maximum atomic E-state index is 10.8. The van der Waals surface area contributed by atoms with Crippen LogP contribution in [0.1, 0.15) is 84.0 Å². The second kappa shape index (κ2) is 9.00. The number of hydrogen-bond acceptors (Lipinski definition) is 3. The fourth-order valence-electron chi connectivity index (χ4n) is 5.54. The topological polar surface area (TPSA) is 43.7 Å². The smallest absolute Gasteiger partial charge is 0.0720 e. The third-order valence-corrected chi connectivity index (χ3v) is 7.34. The van der Waals surface area contributed by atoms with Gasteiger partial charge in [0.05, 0.1) is 12.2 Å². The second-order valence-electron chi connectivity index (χ2n) is 9.02. The van der Waals surface area contributed by atoms with Crippen LogP contribution < -0.4 is 0 Å². The Balaban J connectivity index is 1.40. The average Bonchev–Trinajstić information content (AvgIpc) is 2.63. The zero-order valence-corrected chi connectivity index (χ0v) is 15.7. The number of aliphatic hydroxyl groups excluding tert-OH is 2. The van der Waals surface area contributed by atoms with Gasteiger partial charge in [0.2, 0.25) is 0 Å². The van der Waals surface area contributed by atoms with Crippen molar-refractivity contribution in [2.24, 2.45) is 17.8 Å². The lowest BCUT2D eigenvalue weighted by Crippen LogP contribution is -2.49. The molecule has 1 aliphatic heterocycles. The predicted molar refractivity (Wildman–Crippen MR) is 98.9 cm³/mol. The largest absolute Gasteiger partial charge is 0.393 e. The summed E-state index contributed by atoms with van der Waals surface area (Å²) >= 11 is 0. The fourth-order valence-corrected chi connectivity index (χ4v) is 5.54. The van der Waals surface area contributed by atoms with Crippen LogP contribution >= 0.6 is 0 Å². The summed E-state index contributed by atoms with van der Waals surface area (Å²) in [6.45, 7) is 4.56. The molecule has 3 aliphatic rings. The highest BCUT2D eigenvalue weighted by molar-refractivity contribution is 4.87. The third kappa shape index (κ3) is 4.95. The average molecular weight is 338 g/mol. The Labute approximate surface area is 148 Å². The molecule has 0 amide bonds. The molecule has 140 valence electrons. The molecule has 0 aromatic heterocycles. The number of likely N-dealkylation sites (tertiary alicyclic amines) is 1. The van der Waals surface area contributed by atoms with Crippen molar-refractivity contribution >= 4 is 0 Å². The molecule has 1 heterocycles. The van der Waals surface area contributed by atoms with Crippen LogP contribution in [0.3, 0.4) is 0 Å². The molecule has 2 aliphatic carbocycles. The molecule has 0 bridgehead atoms. The lowest BCUT2D eigenvalue weighted by atomic mass is 9.79. The Hall–Kier alpha value is -0.120. The third-order valence-electron chi connectivity index (χ3n) is 7.34. The van der Waals surface area contributed by atoms with E-state index in [4.69, 9.17) is 0 Å². The summed E-state index contributed by atoms with van der Waals surface area (Å²) in [5, 5.41) is 20.5. The molecule has 3 rings (SSSR count). The van der Waals surface area contributed by atoms with Gasteiger partial charge in [0.1, 0.15) is 0 Å². The number of nitrogens with zero attached hydrogens (tertiary/aromatic N) is 1. The summed E-state index contributed by atoms with van der Waals surface area (Å²) in [6.07, 6.45) is 14.8. The van der Waals surface area contributed by atoms with E-state index in [1.165, 1.54) is 64.5 Å². The highest BCUT2D eigenvalue weighted by Crippen LogP contribution is 2.34. The SMILES string of the molecule is CC(C(O)C1CCC(O)CC1)N1CCC(CC2CCCCC2)CC1. The van der Waals surface area contributed by atoms with Gasteiger partial charge in [-0.1, -0.05) is 32.1 Å². The monoisotopic (exact) mass is 337 g/mol. The van der Waals surface area contributed by atoms with Crippen LogP contribution in [0.2, 0.25) is 0 Å². The normalized spacial score (nSPS) is 34.1. The lowest BCUT2D eigenvalue weighted by molar-refractivity contribution is -0.0204. The van der Waals surface area contributed by atoms with Gasteiger partial charge < -0.3 is 10.2 Å². The van der Waals surface area contributed by atoms with Crippen molar-refractivity contribution in [3.8, 4) is 0 Å². The molecule has 2 N–H and O–H groups in total. The van der Waals surface area contributed by atoms with Gasteiger partial charge in [-0.2, -0.15) is 0 Å². The van der Waals surface area contributed by atoms with Crippen molar-refractivity contribution < 1.29 is 10.2 Å². The molecule has 3 heteroatoms. The minimum atomic E-state index is -0.215. The van der Waals surface area contributed by atoms with Gasteiger partial charge in [-0.3, -0.25) is 4.90 Å². The van der Waals surface area contributed by atoms with E-state index in [2.05, 4.69) is 11.8 Å². The number of hydrogen-bond donors (Lipinski definition) is 2. The van der Waals surface area contributed by atoms with Gasteiger partial charge in [-0.05, 0) is 82.7 Å². The lowest BCUT2D eigenvalue weighted by Gasteiger charge is -2.41. The van der Waals surface area contributed by atoms with Crippen molar-refractivity contribution in [2.75, 3.05) is 13.1 Å². The molecule has 3 nitrogen and oxygen atoms in total. The zero-order chi connectivity index (χ0) is 16.9. The Kier molecular flexibility index (Phi) is 7.00. The first kappa shape index (κ1) is 18.7. The van der Waals surface area contributed by atoms with E-state index in [-0.39, 0.29) is 18.2 Å². The van der Waals surface area contributed by atoms with Crippen LogP contribution in [-0.4, -0.2) is 46.5 Å². The maximum Gasteiger partial charge on any atom is 0.0720 e. The summed E-state index contributed by atoms with van der Waals surface area (Å²) in [6, 6.07) is 0.279. The van der Waals surface area contributed by atoms with E-state index in [0.717, 1.165) is 37.5 Å². The number of piperidine rings is 1. The van der Waals surface area contributed by atoms with E-state index in [0.29, 0.717) is 5.92 Å². The van der Waals surface area contributed by atoms with Gasteiger partial charge in [0, 0.05) is 6.04 Å². The van der Waals surface area contributed by atoms with E-state index < -0.39 is 0 Å². The molecular weight excluding hydrogens is 298 g/mol. The molecular formula is C21H39NO2. The van der Waals surface area contributed by atoms with Crippen LogP contribution in [0.15, 0.2) is 0 Å². The van der Waals surface area contributed by atoms with Gasteiger partial charge in [-0.25, -0.2) is 0 Å². The highest BCUT2D eigenvalue weighted by Gasteiger charge is 2.33. The zero-order valence-electron chi connectivity index (χ0n) is 15.7. The highest BCUT2D eigenvalue weighted by atomic mass is 16.3. The standard InChI is InChI=1S/C21H39NO2/c1-16(21(24)19-7-9-20(23)10-8-19)22-13-11-18(12-14-22)15-17-5-3-2-4-6-17/h16-21,23-24H,2-15H2,1H3. The van der Waals surface area contributed by atoms with Gasteiger partial charge >= 0.3 is 0 Å². The predicted octanol–water partition coefficient (Wildman–Crippen LogP) is 3.97. The molecule has 1 saturated heterocycles. The Bertz CT molecular complexity index is 353. The van der Waals surface area contributed by atoms with Gasteiger partial charge in [0.25, 0.3) is 0 Å². The molecule has 2 saturated carbocycles. The molecule has 24 heavy (non-hydrogen) atoms. The van der Waals surface area contributed by atoms with Crippen LogP contribution in [0, 0.1) is 17.8 Å². The summed E-state index contributed by atoms with van der Waals surface area (Å²) < 4.78 is 0. The Morgan fingerprint density at radius 3 is 2.04 bits per heavy atom. The number of aliphatic hydroxyl groups is 2. The van der Waals surface area contributed by atoms with E-state index in [1.54, 1.807) is 0 Å². The quantitative estimate of drug-likeness (QED) is 0.798. The van der Waals surface area contributed by atoms with E-state index >= 15 is 0 Å². The van der Waals surface area contributed by atoms with Crippen molar-refractivity contribution in [2.45, 2.75) is 102 Å². The van der Waals surface area contributed by atoms with Crippen LogP contribution in [-0.2, 0) is 0 Å². The molecule has 0 radical (unpaired) electrons. The summed E-state index contributed by atoms with van der Waals surface area (Å²) in [4.78, 5) is 2.53. The van der Waals surface area contributed by atoms with Crippen LogP contribution in [0.5, 0.6) is 0 Å². The van der Waals surface area contributed by atoms with Gasteiger partial charge in [0.15, 0.2) is 0 Å². The van der Waals surface area contributed by atoms with Crippen molar-refractivity contribution in [1.29, 1.82) is 0 Å². The first-order valence-electron chi connectivity index (χ1n) is 10.7. The minimum absolute atomic E-state index is 0.126. The summed E-state index contributed by atoms with van der Waals surface area (Å²) in [5.41, 5.74) is 0. The van der Waals surface area contributed by atoms with Crippen molar-refractivity contribution in [3.05, 3.63) is 0 Å². The molecule has 0 spiro atoms. The first-order chi connectivity index (χ1) is 11.6. The molecule has 2 unspecified atom stereocenters. The fraction of sp³-hybridized carbons (Fsp3) is 1.00. The number of rotatable bonds is 5. The molecule has 0 aromatic rings. The van der Waals surface area contributed by atoms with Crippen LogP contribution in [0.25, 0.3) is 0 Å². The van der Waals surface area contributed by atoms with E-state index in [9.17, 15) is 10.2 Å². The molecule has 0 aromatic carbocycles. The van der Waals surface area contributed by atoms with Gasteiger partial charge in [-0.15, -0.1) is 0 Å². The van der Waals surface area contributed by atoms with Crippen LogP contribution in [0.4, 0.5) is 0 Å². The van der Waals surface area contributed by atoms with E-state index in [1.807, 2.05) is 0 Å². The maximum absolute atomic E-state index is 10.8. The second-order valence-corrected chi connectivity index (χ2v) is 9.02. The van der Waals surface area contributed by atoms with Crippen molar-refractivity contribution in [3.63, 3.8) is 0 Å². The summed E-state index contributed by atoms with van der Waals surface area (Å²) in [5.74, 6) is 2.33. The summed E-state index contributed by atoms with van der Waals surface area (Å²) in [7, 11) is 0. The Morgan fingerprint density at radius 1 is 0.833 bits per heavy atom. The van der Waals surface area contributed by atoms with Crippen molar-refractivity contribution in [1.82, 2.24) is 4.90 Å². The molecule has 3 fully saturated rings. The minimum Gasteiger partial charge on any atom is -0.393 e. The molecule has 2 atom stereocenters.